The van der Waals surface area contributed by atoms with Gasteiger partial charge in [0.25, 0.3) is 0 Å². The minimum atomic E-state index is 0. The fourth-order valence-corrected chi connectivity index (χ4v) is 2.81. The molecule has 0 radical (unpaired) electrons. The van der Waals surface area contributed by atoms with Crippen LogP contribution in [0.4, 0.5) is 4.79 Å². The van der Waals surface area contributed by atoms with Crippen molar-refractivity contribution in [2.45, 2.75) is 13.3 Å². The number of carbonyl (C=O) groups is 1. The maximum Gasteiger partial charge on any atom is 0.317 e. The van der Waals surface area contributed by atoms with Crippen molar-refractivity contribution in [1.82, 2.24) is 20.4 Å². The monoisotopic (exact) mass is 276 g/mol. The van der Waals surface area contributed by atoms with Gasteiger partial charge in [-0.25, -0.2) is 4.79 Å². The molecule has 2 aliphatic rings. The summed E-state index contributed by atoms with van der Waals surface area (Å²) in [5, 5.41) is 6.13. The van der Waals surface area contributed by atoms with Gasteiger partial charge in [0.15, 0.2) is 0 Å². The molecule has 0 aromatic carbocycles. The molecule has 18 heavy (non-hydrogen) atoms. The summed E-state index contributed by atoms with van der Waals surface area (Å²) in [7, 11) is 1.69. The molecule has 106 valence electrons. The molecule has 2 heterocycles. The zero-order chi connectivity index (χ0) is 12.3. The largest absolute Gasteiger partial charge is 0.341 e. The van der Waals surface area contributed by atoms with E-state index in [1.165, 1.54) is 6.42 Å². The minimum Gasteiger partial charge on any atom is -0.341 e. The molecule has 0 bridgehead atoms. The van der Waals surface area contributed by atoms with Gasteiger partial charge in [-0.05, 0) is 18.4 Å². The lowest BCUT2D eigenvalue weighted by Crippen LogP contribution is -2.53. The second-order valence-electron chi connectivity index (χ2n) is 5.56. The highest BCUT2D eigenvalue weighted by Gasteiger charge is 2.32. The van der Waals surface area contributed by atoms with Gasteiger partial charge in [0, 0.05) is 46.3 Å². The zero-order valence-electron chi connectivity index (χ0n) is 11.4. The first kappa shape index (κ1) is 15.5. The van der Waals surface area contributed by atoms with E-state index in [0.717, 1.165) is 45.8 Å². The molecular weight excluding hydrogens is 252 g/mol. The molecule has 2 N–H and O–H groups in total. The number of nitrogens with zero attached hydrogens (tertiary/aromatic N) is 2. The average molecular weight is 277 g/mol. The highest BCUT2D eigenvalue weighted by Crippen LogP contribution is 2.26. The summed E-state index contributed by atoms with van der Waals surface area (Å²) in [5.74, 6) is 0. The van der Waals surface area contributed by atoms with Crippen LogP contribution in [0.15, 0.2) is 0 Å². The van der Waals surface area contributed by atoms with Gasteiger partial charge in [-0.3, -0.25) is 4.90 Å². The van der Waals surface area contributed by atoms with Crippen LogP contribution in [0.3, 0.4) is 0 Å². The van der Waals surface area contributed by atoms with Crippen molar-refractivity contribution < 1.29 is 4.79 Å². The van der Waals surface area contributed by atoms with Crippen molar-refractivity contribution in [3.05, 3.63) is 0 Å². The molecule has 5 nitrogen and oxygen atoms in total. The van der Waals surface area contributed by atoms with E-state index in [1.807, 2.05) is 4.90 Å². The summed E-state index contributed by atoms with van der Waals surface area (Å²) in [6.07, 6.45) is 1.27. The summed E-state index contributed by atoms with van der Waals surface area (Å²) in [4.78, 5) is 15.9. The summed E-state index contributed by atoms with van der Waals surface area (Å²) in [5.41, 5.74) is 0.426. The number of halogens is 1. The number of hydrogen-bond donors (Lipinski definition) is 2. The van der Waals surface area contributed by atoms with Crippen LogP contribution in [-0.2, 0) is 0 Å². The van der Waals surface area contributed by atoms with Crippen molar-refractivity contribution in [1.29, 1.82) is 0 Å². The Bertz CT molecular complexity index is 273. The first-order valence-corrected chi connectivity index (χ1v) is 6.53. The first-order valence-electron chi connectivity index (χ1n) is 6.53. The molecule has 2 saturated heterocycles. The topological polar surface area (TPSA) is 47.6 Å². The molecular formula is C12H25ClN4O. The predicted molar refractivity (Wildman–Crippen MR) is 75.3 cm³/mol. The molecule has 2 fully saturated rings. The smallest absolute Gasteiger partial charge is 0.317 e. The van der Waals surface area contributed by atoms with Gasteiger partial charge in [0.2, 0.25) is 0 Å². The number of hydrogen-bond acceptors (Lipinski definition) is 3. The van der Waals surface area contributed by atoms with Crippen molar-refractivity contribution in [2.24, 2.45) is 5.41 Å². The van der Waals surface area contributed by atoms with Gasteiger partial charge in [-0.2, -0.15) is 0 Å². The van der Waals surface area contributed by atoms with E-state index in [1.54, 1.807) is 7.05 Å². The molecule has 0 saturated carbocycles. The van der Waals surface area contributed by atoms with Gasteiger partial charge in [-0.15, -0.1) is 12.4 Å². The van der Waals surface area contributed by atoms with E-state index in [2.05, 4.69) is 22.5 Å². The van der Waals surface area contributed by atoms with E-state index >= 15 is 0 Å². The van der Waals surface area contributed by atoms with Gasteiger partial charge in [0.1, 0.15) is 0 Å². The van der Waals surface area contributed by atoms with Crippen LogP contribution in [0.5, 0.6) is 0 Å². The van der Waals surface area contributed by atoms with E-state index in [9.17, 15) is 4.79 Å². The average Bonchev–Trinajstić information content (AvgIpc) is 2.76. The third kappa shape index (κ3) is 3.73. The van der Waals surface area contributed by atoms with Crippen LogP contribution in [0.25, 0.3) is 0 Å². The molecule has 0 aliphatic carbocycles. The molecule has 6 heteroatoms. The van der Waals surface area contributed by atoms with E-state index in [-0.39, 0.29) is 18.4 Å². The molecule has 2 rings (SSSR count). The fourth-order valence-electron chi connectivity index (χ4n) is 2.81. The lowest BCUT2D eigenvalue weighted by molar-refractivity contribution is 0.109. The summed E-state index contributed by atoms with van der Waals surface area (Å²) in [6, 6.07) is 0.0541. The first-order chi connectivity index (χ1) is 8.13. The molecule has 1 unspecified atom stereocenters. The maximum atomic E-state index is 11.5. The second kappa shape index (κ2) is 6.59. The highest BCUT2D eigenvalue weighted by atomic mass is 35.5. The SMILES string of the molecule is CNC(=O)N1CCN(CC2(C)CCNC2)CC1.Cl. The molecule has 2 amide bonds. The molecule has 1 atom stereocenters. The quantitative estimate of drug-likeness (QED) is 0.766. The Kier molecular flexibility index (Phi) is 5.69. The predicted octanol–water partition coefficient (Wildman–Crippen LogP) is 0.365. The van der Waals surface area contributed by atoms with E-state index in [4.69, 9.17) is 0 Å². The van der Waals surface area contributed by atoms with Crippen LogP contribution in [0, 0.1) is 5.41 Å². The molecule has 0 aromatic heterocycles. The standard InChI is InChI=1S/C12H24N4O.ClH/c1-12(3-4-14-9-12)10-15-5-7-16(8-6-15)11(17)13-2;/h14H,3-10H2,1-2H3,(H,13,17);1H. The molecule has 0 spiro atoms. The Morgan fingerprint density at radius 1 is 1.33 bits per heavy atom. The van der Waals surface area contributed by atoms with Crippen molar-refractivity contribution in [3.63, 3.8) is 0 Å². The Labute approximate surface area is 116 Å². The van der Waals surface area contributed by atoms with Crippen LogP contribution < -0.4 is 10.6 Å². The minimum absolute atomic E-state index is 0. The van der Waals surface area contributed by atoms with Gasteiger partial charge < -0.3 is 15.5 Å². The van der Waals surface area contributed by atoms with Gasteiger partial charge >= 0.3 is 6.03 Å². The Morgan fingerprint density at radius 2 is 2.00 bits per heavy atom. The molecule has 2 aliphatic heterocycles. The van der Waals surface area contributed by atoms with Crippen molar-refractivity contribution in [3.8, 4) is 0 Å². The Hall–Kier alpha value is -0.520. The number of carbonyl (C=O) groups excluding carboxylic acids is 1. The second-order valence-corrected chi connectivity index (χ2v) is 5.56. The van der Waals surface area contributed by atoms with Crippen LogP contribution >= 0.6 is 12.4 Å². The lowest BCUT2D eigenvalue weighted by atomic mass is 9.89. The maximum absolute atomic E-state index is 11.5. The van der Waals surface area contributed by atoms with E-state index in [0.29, 0.717) is 5.41 Å². The number of amides is 2. The van der Waals surface area contributed by atoms with Crippen molar-refractivity contribution in [2.75, 3.05) is 52.9 Å². The van der Waals surface area contributed by atoms with Crippen molar-refractivity contribution >= 4 is 18.4 Å². The number of piperazine rings is 1. The lowest BCUT2D eigenvalue weighted by Gasteiger charge is -2.38. The number of nitrogens with one attached hydrogen (secondary N) is 2. The third-order valence-corrected chi connectivity index (χ3v) is 3.94. The van der Waals surface area contributed by atoms with Gasteiger partial charge in [0.05, 0.1) is 0 Å². The van der Waals surface area contributed by atoms with Crippen LogP contribution in [-0.4, -0.2) is 68.7 Å². The summed E-state index contributed by atoms with van der Waals surface area (Å²) < 4.78 is 0. The van der Waals surface area contributed by atoms with E-state index < -0.39 is 0 Å². The Morgan fingerprint density at radius 3 is 2.50 bits per heavy atom. The molecule has 0 aromatic rings. The zero-order valence-corrected chi connectivity index (χ0v) is 12.2. The van der Waals surface area contributed by atoms with Crippen LogP contribution in [0.1, 0.15) is 13.3 Å². The van der Waals surface area contributed by atoms with Gasteiger partial charge in [-0.1, -0.05) is 6.92 Å². The number of rotatable bonds is 2. The van der Waals surface area contributed by atoms with Crippen LogP contribution in [0.2, 0.25) is 0 Å². The summed E-state index contributed by atoms with van der Waals surface area (Å²) >= 11 is 0. The Balaban J connectivity index is 0.00000162. The normalized spacial score (nSPS) is 28.9. The number of urea groups is 1. The summed E-state index contributed by atoms with van der Waals surface area (Å²) in [6.45, 7) is 9.50. The fraction of sp³-hybridized carbons (Fsp3) is 0.917. The third-order valence-electron chi connectivity index (χ3n) is 3.94. The highest BCUT2D eigenvalue weighted by molar-refractivity contribution is 5.85.